The fourth-order valence-corrected chi connectivity index (χ4v) is 3.74. The topological polar surface area (TPSA) is 147 Å². The smallest absolute Gasteiger partial charge is 0.323 e. The first-order valence-electron chi connectivity index (χ1n) is 10.4. The van der Waals surface area contributed by atoms with Crippen molar-refractivity contribution in [2.24, 2.45) is 0 Å². The molecule has 11 nitrogen and oxygen atoms in total. The Hall–Kier alpha value is -4.67. The van der Waals surface area contributed by atoms with Gasteiger partial charge in [0.15, 0.2) is 0 Å². The van der Waals surface area contributed by atoms with Crippen molar-refractivity contribution in [2.45, 2.75) is 6.42 Å². The van der Waals surface area contributed by atoms with Gasteiger partial charge in [-0.2, -0.15) is 10.1 Å². The minimum atomic E-state index is -0.256. The van der Waals surface area contributed by atoms with Gasteiger partial charge in [0.2, 0.25) is 12.4 Å². The second-order valence-electron chi connectivity index (χ2n) is 7.39. The van der Waals surface area contributed by atoms with Crippen molar-refractivity contribution in [3.8, 4) is 0 Å². The molecule has 0 saturated carbocycles. The number of hydrogen-bond donors (Lipinski definition) is 5. The van der Waals surface area contributed by atoms with Crippen molar-refractivity contribution in [1.82, 2.24) is 35.5 Å². The number of amides is 1. The number of carbonyl (C=O) groups is 1. The SMILES string of the molecule is O=CNCCCN(c1ccnc(Nc2ccc3[nH]c(=O)[nH]c3c2)n1)c1cccc2[nH]ncc12. The normalized spacial score (nSPS) is 11.0. The molecule has 0 spiro atoms. The summed E-state index contributed by atoms with van der Waals surface area (Å²) < 4.78 is 0. The summed E-state index contributed by atoms with van der Waals surface area (Å²) in [4.78, 5) is 38.8. The number of anilines is 4. The van der Waals surface area contributed by atoms with Crippen LogP contribution in [-0.4, -0.2) is 49.6 Å². The number of aromatic amines is 3. The fourth-order valence-electron chi connectivity index (χ4n) is 3.74. The summed E-state index contributed by atoms with van der Waals surface area (Å²) in [5.41, 5.74) is 3.77. The van der Waals surface area contributed by atoms with Crippen LogP contribution in [0.1, 0.15) is 6.42 Å². The van der Waals surface area contributed by atoms with Crippen LogP contribution in [0, 0.1) is 0 Å². The third-order valence-electron chi connectivity index (χ3n) is 5.23. The fraction of sp³-hybridized carbons (Fsp3) is 0.136. The van der Waals surface area contributed by atoms with Crippen LogP contribution in [0.25, 0.3) is 21.9 Å². The molecule has 0 atom stereocenters. The summed E-state index contributed by atoms with van der Waals surface area (Å²) in [6, 6.07) is 13.2. The van der Waals surface area contributed by atoms with Gasteiger partial charge in [-0.25, -0.2) is 9.78 Å². The maximum absolute atomic E-state index is 11.5. The van der Waals surface area contributed by atoms with E-state index in [1.165, 1.54) is 0 Å². The minimum absolute atomic E-state index is 0.256. The first-order chi connectivity index (χ1) is 16.2. The van der Waals surface area contributed by atoms with Crippen molar-refractivity contribution in [1.29, 1.82) is 0 Å². The lowest BCUT2D eigenvalue weighted by Crippen LogP contribution is -2.24. The predicted octanol–water partition coefficient (Wildman–Crippen LogP) is 2.54. The molecular weight excluding hydrogens is 422 g/mol. The zero-order valence-corrected chi connectivity index (χ0v) is 17.5. The molecule has 1 amide bonds. The molecule has 166 valence electrons. The van der Waals surface area contributed by atoms with Crippen LogP contribution >= 0.6 is 0 Å². The van der Waals surface area contributed by atoms with Crippen molar-refractivity contribution in [3.05, 3.63) is 65.3 Å². The first kappa shape index (κ1) is 20.2. The average molecular weight is 443 g/mol. The van der Waals surface area contributed by atoms with Crippen LogP contribution < -0.4 is 21.2 Å². The Bertz CT molecular complexity index is 1470. The highest BCUT2D eigenvalue weighted by Gasteiger charge is 2.15. The van der Waals surface area contributed by atoms with Gasteiger partial charge in [-0.3, -0.25) is 9.89 Å². The Balaban J connectivity index is 1.47. The molecule has 2 aromatic carbocycles. The van der Waals surface area contributed by atoms with E-state index >= 15 is 0 Å². The van der Waals surface area contributed by atoms with Crippen LogP contribution in [0.3, 0.4) is 0 Å². The molecule has 0 saturated heterocycles. The molecule has 33 heavy (non-hydrogen) atoms. The molecule has 0 unspecified atom stereocenters. The molecule has 5 N–H and O–H groups in total. The molecular formula is C22H21N9O2. The van der Waals surface area contributed by atoms with E-state index in [9.17, 15) is 9.59 Å². The van der Waals surface area contributed by atoms with Crippen molar-refractivity contribution < 1.29 is 4.79 Å². The third kappa shape index (κ3) is 4.24. The van der Waals surface area contributed by atoms with E-state index in [0.29, 0.717) is 36.8 Å². The van der Waals surface area contributed by atoms with Gasteiger partial charge in [-0.1, -0.05) is 6.07 Å². The first-order valence-corrected chi connectivity index (χ1v) is 10.4. The molecule has 0 fully saturated rings. The Labute approximate surface area is 187 Å². The number of aromatic nitrogens is 6. The Morgan fingerprint density at radius 3 is 2.88 bits per heavy atom. The standard InChI is InChI=1S/C22H21N9O2/c32-13-23-8-2-10-31(19-4-1-3-16-15(19)12-25-30-16)20-7-9-24-21(29-20)26-14-5-6-17-18(11-14)28-22(33)27-17/h1,3-7,9,11-13H,2,8,10H2,(H,23,32)(H,25,30)(H,24,26,29)(H2,27,28,33). The molecule has 0 aliphatic heterocycles. The van der Waals surface area contributed by atoms with Crippen LogP contribution in [0.4, 0.5) is 23.1 Å². The van der Waals surface area contributed by atoms with E-state index in [1.807, 2.05) is 42.5 Å². The Morgan fingerprint density at radius 2 is 1.97 bits per heavy atom. The summed E-state index contributed by atoms with van der Waals surface area (Å²) in [6.45, 7) is 1.17. The number of hydrogen-bond acceptors (Lipinski definition) is 7. The van der Waals surface area contributed by atoms with Gasteiger partial charge in [0.1, 0.15) is 5.82 Å². The minimum Gasteiger partial charge on any atom is -0.359 e. The lowest BCUT2D eigenvalue weighted by atomic mass is 10.2. The summed E-state index contributed by atoms with van der Waals surface area (Å²) in [5.74, 6) is 1.11. The number of nitrogens with zero attached hydrogens (tertiary/aromatic N) is 4. The third-order valence-corrected chi connectivity index (χ3v) is 5.23. The monoisotopic (exact) mass is 443 g/mol. The van der Waals surface area contributed by atoms with Gasteiger partial charge >= 0.3 is 5.69 Å². The molecule has 0 aliphatic carbocycles. The van der Waals surface area contributed by atoms with Gasteiger partial charge in [0.05, 0.1) is 28.4 Å². The number of imidazole rings is 1. The van der Waals surface area contributed by atoms with Gasteiger partial charge < -0.3 is 25.5 Å². The number of rotatable bonds is 9. The molecule has 0 radical (unpaired) electrons. The van der Waals surface area contributed by atoms with E-state index in [4.69, 9.17) is 4.98 Å². The van der Waals surface area contributed by atoms with E-state index in [-0.39, 0.29) is 5.69 Å². The lowest BCUT2D eigenvalue weighted by Gasteiger charge is -2.25. The summed E-state index contributed by atoms with van der Waals surface area (Å²) >= 11 is 0. The second kappa shape index (κ2) is 8.83. The summed E-state index contributed by atoms with van der Waals surface area (Å²) in [5, 5.41) is 14.0. The van der Waals surface area contributed by atoms with Crippen molar-refractivity contribution >= 4 is 51.5 Å². The van der Waals surface area contributed by atoms with E-state index in [0.717, 1.165) is 34.2 Å². The highest BCUT2D eigenvalue weighted by atomic mass is 16.1. The molecule has 0 bridgehead atoms. The summed E-state index contributed by atoms with van der Waals surface area (Å²) in [6.07, 6.45) is 4.89. The van der Waals surface area contributed by atoms with E-state index in [2.05, 4.69) is 40.7 Å². The average Bonchev–Trinajstić information content (AvgIpc) is 3.45. The van der Waals surface area contributed by atoms with Crippen LogP contribution in [0.5, 0.6) is 0 Å². The molecule has 0 aliphatic rings. The molecule has 5 aromatic rings. The van der Waals surface area contributed by atoms with Crippen LogP contribution in [0.15, 0.2) is 59.7 Å². The summed E-state index contributed by atoms with van der Waals surface area (Å²) in [7, 11) is 0. The maximum atomic E-state index is 11.5. The number of nitrogens with one attached hydrogen (secondary N) is 5. The van der Waals surface area contributed by atoms with Crippen molar-refractivity contribution in [2.75, 3.05) is 23.3 Å². The highest BCUT2D eigenvalue weighted by molar-refractivity contribution is 5.93. The zero-order valence-electron chi connectivity index (χ0n) is 17.5. The number of H-pyrrole nitrogens is 3. The molecule has 11 heteroatoms. The highest BCUT2D eigenvalue weighted by Crippen LogP contribution is 2.31. The predicted molar refractivity (Wildman–Crippen MR) is 126 cm³/mol. The van der Waals surface area contributed by atoms with Crippen molar-refractivity contribution in [3.63, 3.8) is 0 Å². The maximum Gasteiger partial charge on any atom is 0.323 e. The lowest BCUT2D eigenvalue weighted by molar-refractivity contribution is -0.109. The van der Waals surface area contributed by atoms with E-state index in [1.54, 1.807) is 12.4 Å². The van der Waals surface area contributed by atoms with Gasteiger partial charge in [0, 0.05) is 30.4 Å². The Kier molecular flexibility index (Phi) is 5.42. The van der Waals surface area contributed by atoms with Gasteiger partial charge in [-0.05, 0) is 42.8 Å². The van der Waals surface area contributed by atoms with Gasteiger partial charge in [-0.15, -0.1) is 0 Å². The van der Waals surface area contributed by atoms with Crippen LogP contribution in [0.2, 0.25) is 0 Å². The second-order valence-corrected chi connectivity index (χ2v) is 7.39. The Morgan fingerprint density at radius 1 is 1.06 bits per heavy atom. The number of fused-ring (bicyclic) bond motifs is 2. The molecule has 3 heterocycles. The van der Waals surface area contributed by atoms with E-state index < -0.39 is 0 Å². The quantitative estimate of drug-likeness (QED) is 0.174. The van der Waals surface area contributed by atoms with Crippen LogP contribution in [-0.2, 0) is 4.79 Å². The molecule has 5 rings (SSSR count). The number of benzene rings is 2. The largest absolute Gasteiger partial charge is 0.359 e. The van der Waals surface area contributed by atoms with Gasteiger partial charge in [0.25, 0.3) is 0 Å². The number of carbonyl (C=O) groups excluding carboxylic acids is 1. The molecule has 3 aromatic heterocycles. The zero-order chi connectivity index (χ0) is 22.6.